The van der Waals surface area contributed by atoms with Crippen LogP contribution in [0.5, 0.6) is 0 Å². The number of nitrogens with zero attached hydrogens (tertiary/aromatic N) is 4. The fourth-order valence-electron chi connectivity index (χ4n) is 4.06. The zero-order chi connectivity index (χ0) is 18.8. The van der Waals surface area contributed by atoms with Crippen LogP contribution in [-0.4, -0.2) is 25.0 Å². The highest BCUT2D eigenvalue weighted by Gasteiger charge is 2.28. The number of hydrogen-bond donors (Lipinski definition) is 1. The van der Waals surface area contributed by atoms with Crippen molar-refractivity contribution in [1.82, 2.24) is 25.0 Å². The van der Waals surface area contributed by atoms with Gasteiger partial charge < -0.3 is 0 Å². The Kier molecular flexibility index (Phi) is 3.17. The number of H-pyrrole nitrogens is 1. The fraction of sp³-hybridized carbons (Fsp3) is 0.136. The van der Waals surface area contributed by atoms with Crippen molar-refractivity contribution in [2.24, 2.45) is 7.05 Å². The molecule has 5 aromatic rings. The van der Waals surface area contributed by atoms with E-state index in [4.69, 9.17) is 0 Å². The van der Waals surface area contributed by atoms with Gasteiger partial charge in [0.25, 0.3) is 0 Å². The van der Waals surface area contributed by atoms with Crippen LogP contribution in [0.25, 0.3) is 43.9 Å². The van der Waals surface area contributed by atoms with Gasteiger partial charge in [-0.2, -0.15) is 10.2 Å². The molecule has 0 spiro atoms. The molecule has 5 nitrogen and oxygen atoms in total. The molecular formula is C22H17N5S. The fourth-order valence-corrected chi connectivity index (χ4v) is 5.24. The molecule has 4 heterocycles. The smallest absolute Gasteiger partial charge is 0.0963 e. The highest BCUT2D eigenvalue weighted by atomic mass is 32.1. The van der Waals surface area contributed by atoms with Crippen LogP contribution < -0.4 is 0 Å². The van der Waals surface area contributed by atoms with E-state index in [1.165, 1.54) is 26.4 Å². The predicted molar refractivity (Wildman–Crippen MR) is 112 cm³/mol. The number of fused-ring (bicyclic) bond motifs is 4. The van der Waals surface area contributed by atoms with Gasteiger partial charge in [-0.1, -0.05) is 12.1 Å². The number of thiophene rings is 1. The van der Waals surface area contributed by atoms with E-state index in [0.29, 0.717) is 0 Å². The van der Waals surface area contributed by atoms with Crippen molar-refractivity contribution < 1.29 is 0 Å². The summed E-state index contributed by atoms with van der Waals surface area (Å²) < 4.78 is 1.91. The van der Waals surface area contributed by atoms with Crippen LogP contribution in [0, 0.1) is 6.92 Å². The summed E-state index contributed by atoms with van der Waals surface area (Å²) >= 11 is 1.87. The van der Waals surface area contributed by atoms with Crippen molar-refractivity contribution in [2.45, 2.75) is 13.3 Å². The molecule has 6 heteroatoms. The van der Waals surface area contributed by atoms with Gasteiger partial charge in [0.15, 0.2) is 0 Å². The van der Waals surface area contributed by atoms with Gasteiger partial charge in [0, 0.05) is 57.2 Å². The maximum Gasteiger partial charge on any atom is 0.0963 e. The van der Waals surface area contributed by atoms with Crippen LogP contribution in [-0.2, 0) is 13.5 Å². The Morgan fingerprint density at radius 3 is 2.93 bits per heavy atom. The topological polar surface area (TPSA) is 59.4 Å². The molecule has 0 saturated carbocycles. The van der Waals surface area contributed by atoms with Gasteiger partial charge in [0.1, 0.15) is 0 Å². The second-order valence-electron chi connectivity index (χ2n) is 7.28. The minimum absolute atomic E-state index is 0.925. The molecular weight excluding hydrogens is 366 g/mol. The van der Waals surface area contributed by atoms with Crippen molar-refractivity contribution >= 4 is 22.2 Å². The van der Waals surface area contributed by atoms with E-state index in [1.807, 2.05) is 42.4 Å². The third-order valence-electron chi connectivity index (χ3n) is 5.49. The molecule has 0 radical (unpaired) electrons. The van der Waals surface area contributed by atoms with Gasteiger partial charge in [0.05, 0.1) is 23.1 Å². The maximum atomic E-state index is 4.66. The number of rotatable bonds is 2. The molecule has 0 unspecified atom stereocenters. The molecule has 1 aromatic carbocycles. The van der Waals surface area contributed by atoms with E-state index in [9.17, 15) is 0 Å². The van der Waals surface area contributed by atoms with Crippen LogP contribution in [0.2, 0.25) is 0 Å². The molecule has 28 heavy (non-hydrogen) atoms. The molecule has 136 valence electrons. The van der Waals surface area contributed by atoms with E-state index < -0.39 is 0 Å². The molecule has 0 saturated heterocycles. The normalized spacial score (nSPS) is 12.5. The number of nitrogens with one attached hydrogen (secondary N) is 1. The maximum absolute atomic E-state index is 4.66. The first kappa shape index (κ1) is 15.8. The highest BCUT2D eigenvalue weighted by molar-refractivity contribution is 7.16. The largest absolute Gasteiger partial charge is 0.277 e. The van der Waals surface area contributed by atoms with E-state index in [1.54, 1.807) is 0 Å². The Morgan fingerprint density at radius 1 is 1.11 bits per heavy atom. The van der Waals surface area contributed by atoms with Crippen LogP contribution >= 0.6 is 11.3 Å². The monoisotopic (exact) mass is 383 g/mol. The zero-order valence-corrected chi connectivity index (χ0v) is 16.3. The van der Waals surface area contributed by atoms with Gasteiger partial charge in [-0.3, -0.25) is 14.8 Å². The van der Waals surface area contributed by atoms with E-state index in [-0.39, 0.29) is 0 Å². The van der Waals surface area contributed by atoms with Crippen LogP contribution in [0.1, 0.15) is 16.1 Å². The highest BCUT2D eigenvalue weighted by Crippen LogP contribution is 2.46. The lowest BCUT2D eigenvalue weighted by Crippen LogP contribution is -1.90. The molecule has 0 amide bonds. The summed E-state index contributed by atoms with van der Waals surface area (Å²) in [5, 5.41) is 13.5. The molecule has 0 bridgehead atoms. The van der Waals surface area contributed by atoms with Gasteiger partial charge in [0.2, 0.25) is 0 Å². The molecule has 1 aliphatic carbocycles. The van der Waals surface area contributed by atoms with Gasteiger partial charge in [-0.05, 0) is 36.8 Å². The lowest BCUT2D eigenvalue weighted by Gasteiger charge is -2.02. The molecule has 6 rings (SSSR count). The zero-order valence-electron chi connectivity index (χ0n) is 15.5. The first-order valence-electron chi connectivity index (χ1n) is 9.23. The number of aromatic amines is 1. The minimum atomic E-state index is 0.925. The van der Waals surface area contributed by atoms with Crippen molar-refractivity contribution in [3.63, 3.8) is 0 Å². The van der Waals surface area contributed by atoms with Crippen molar-refractivity contribution in [2.75, 3.05) is 0 Å². The summed E-state index contributed by atoms with van der Waals surface area (Å²) in [5.41, 5.74) is 9.30. The standard InChI is InChI=1S/C22H17N5S/c1-12-7-13(5-6-23-12)19-9-16-20(28-19)10-17-21(25-26-22(16)17)14-3-4-15-11-24-27(2)18(15)8-14/h3-9,11H,10H2,1-2H3,(H,25,26). The average molecular weight is 383 g/mol. The molecule has 0 atom stereocenters. The summed E-state index contributed by atoms with van der Waals surface area (Å²) in [6.07, 6.45) is 4.70. The second-order valence-corrected chi connectivity index (χ2v) is 8.41. The van der Waals surface area contributed by atoms with Gasteiger partial charge in [-0.25, -0.2) is 0 Å². The number of benzene rings is 1. The van der Waals surface area contributed by atoms with Gasteiger partial charge >= 0.3 is 0 Å². The van der Waals surface area contributed by atoms with Crippen LogP contribution in [0.3, 0.4) is 0 Å². The molecule has 1 aliphatic rings. The summed E-state index contributed by atoms with van der Waals surface area (Å²) in [7, 11) is 1.97. The Hall–Kier alpha value is -3.25. The number of hydrogen-bond acceptors (Lipinski definition) is 4. The van der Waals surface area contributed by atoms with E-state index >= 15 is 0 Å². The lowest BCUT2D eigenvalue weighted by molar-refractivity contribution is 0.797. The van der Waals surface area contributed by atoms with Crippen molar-refractivity contribution in [3.8, 4) is 33.0 Å². The SMILES string of the molecule is Cc1cc(-c2cc3c(s2)Cc2c(-c4ccc5cnn(C)c5c4)n[nH]c2-3)ccn1. The predicted octanol–water partition coefficient (Wildman–Crippen LogP) is 4.97. The second kappa shape index (κ2) is 5.62. The quantitative estimate of drug-likeness (QED) is 0.459. The van der Waals surface area contributed by atoms with Crippen LogP contribution in [0.15, 0.2) is 48.8 Å². The first-order chi connectivity index (χ1) is 13.7. The summed E-state index contributed by atoms with van der Waals surface area (Å²) in [4.78, 5) is 6.99. The summed E-state index contributed by atoms with van der Waals surface area (Å²) in [6.45, 7) is 2.03. The Labute approximate surface area is 165 Å². The number of pyridine rings is 1. The Morgan fingerprint density at radius 2 is 2.04 bits per heavy atom. The van der Waals surface area contributed by atoms with Crippen molar-refractivity contribution in [3.05, 3.63) is 64.9 Å². The summed E-state index contributed by atoms with van der Waals surface area (Å²) in [6, 6.07) is 12.9. The molecule has 1 N–H and O–H groups in total. The molecule has 0 aliphatic heterocycles. The van der Waals surface area contributed by atoms with E-state index in [2.05, 4.69) is 56.7 Å². The average Bonchev–Trinajstić information content (AvgIpc) is 3.43. The Bertz CT molecular complexity index is 1370. The molecule has 0 fully saturated rings. The third kappa shape index (κ3) is 2.21. The van der Waals surface area contributed by atoms with Crippen LogP contribution in [0.4, 0.5) is 0 Å². The lowest BCUT2D eigenvalue weighted by atomic mass is 10.0. The number of aromatic nitrogens is 5. The Balaban J connectivity index is 1.43. The third-order valence-corrected chi connectivity index (χ3v) is 6.67. The van der Waals surface area contributed by atoms with Gasteiger partial charge in [-0.15, -0.1) is 11.3 Å². The number of aryl methyl sites for hydroxylation is 2. The van der Waals surface area contributed by atoms with E-state index in [0.717, 1.165) is 40.0 Å². The van der Waals surface area contributed by atoms with Crippen molar-refractivity contribution in [1.29, 1.82) is 0 Å². The summed E-state index contributed by atoms with van der Waals surface area (Å²) in [5.74, 6) is 0. The first-order valence-corrected chi connectivity index (χ1v) is 10.0. The molecule has 4 aromatic heterocycles. The minimum Gasteiger partial charge on any atom is -0.277 e.